The quantitative estimate of drug-likeness (QED) is 0.902. The van der Waals surface area contributed by atoms with Gasteiger partial charge in [-0.1, -0.05) is 12.1 Å². The second kappa shape index (κ2) is 5.60. The molecule has 0 radical (unpaired) electrons. The Morgan fingerprint density at radius 2 is 2.22 bits per heavy atom. The lowest BCUT2D eigenvalue weighted by atomic mass is 10.1. The summed E-state index contributed by atoms with van der Waals surface area (Å²) >= 11 is 0. The van der Waals surface area contributed by atoms with E-state index in [1.54, 1.807) is 31.5 Å². The van der Waals surface area contributed by atoms with Crippen molar-refractivity contribution in [3.05, 3.63) is 59.7 Å². The van der Waals surface area contributed by atoms with Gasteiger partial charge in [-0.15, -0.1) is 0 Å². The average molecular weight is 246 g/mol. The van der Waals surface area contributed by atoms with Crippen LogP contribution in [0.1, 0.15) is 24.1 Å². The molecule has 0 amide bonds. The van der Waals surface area contributed by atoms with Gasteiger partial charge in [0, 0.05) is 35.6 Å². The summed E-state index contributed by atoms with van der Waals surface area (Å²) in [5.74, 6) is 0.148. The summed E-state index contributed by atoms with van der Waals surface area (Å²) in [5.41, 5.74) is 7.07. The number of hydrogen-bond acceptors (Lipinski definition) is 3. The van der Waals surface area contributed by atoms with Crippen LogP contribution in [0.15, 0.2) is 42.7 Å². The van der Waals surface area contributed by atoms with E-state index in [4.69, 9.17) is 10.5 Å². The van der Waals surface area contributed by atoms with Gasteiger partial charge in [-0.25, -0.2) is 4.39 Å². The van der Waals surface area contributed by atoms with Crippen LogP contribution in [0.4, 0.5) is 4.39 Å². The lowest BCUT2D eigenvalue weighted by molar-refractivity contribution is 0.304. The summed E-state index contributed by atoms with van der Waals surface area (Å²) < 4.78 is 19.1. The number of benzene rings is 1. The summed E-state index contributed by atoms with van der Waals surface area (Å²) in [7, 11) is 0. The molecule has 0 aliphatic heterocycles. The van der Waals surface area contributed by atoms with E-state index in [0.29, 0.717) is 17.9 Å². The molecule has 2 aromatic rings. The van der Waals surface area contributed by atoms with Crippen LogP contribution in [0, 0.1) is 5.82 Å². The van der Waals surface area contributed by atoms with Gasteiger partial charge in [-0.3, -0.25) is 4.98 Å². The van der Waals surface area contributed by atoms with Gasteiger partial charge < -0.3 is 10.5 Å². The number of nitrogens with two attached hydrogens (primary N) is 1. The molecule has 1 heterocycles. The standard InChI is InChI=1S/C14H15FN2O/c1-10(16)13-5-4-12(7-14(13)15)18-9-11-3-2-6-17-8-11/h2-8,10H,9,16H2,1H3/t10-/m1/s1. The van der Waals surface area contributed by atoms with Crippen LogP contribution >= 0.6 is 0 Å². The molecule has 2 rings (SSSR count). The summed E-state index contributed by atoms with van der Waals surface area (Å²) in [6, 6.07) is 8.14. The normalized spacial score (nSPS) is 12.2. The minimum absolute atomic E-state index is 0.322. The smallest absolute Gasteiger partial charge is 0.131 e. The van der Waals surface area contributed by atoms with Gasteiger partial charge in [-0.05, 0) is 19.1 Å². The van der Waals surface area contributed by atoms with Gasteiger partial charge in [0.1, 0.15) is 18.2 Å². The molecule has 1 aromatic carbocycles. The molecule has 94 valence electrons. The van der Waals surface area contributed by atoms with Gasteiger partial charge >= 0.3 is 0 Å². The lowest BCUT2D eigenvalue weighted by Crippen LogP contribution is -2.07. The number of aromatic nitrogens is 1. The summed E-state index contributed by atoms with van der Waals surface area (Å²) in [4.78, 5) is 3.98. The molecular weight excluding hydrogens is 231 g/mol. The largest absolute Gasteiger partial charge is 0.489 e. The number of rotatable bonds is 4. The maximum Gasteiger partial charge on any atom is 0.131 e. The summed E-state index contributed by atoms with van der Waals surface area (Å²) in [5, 5.41) is 0. The van der Waals surface area contributed by atoms with Crippen molar-refractivity contribution in [3.8, 4) is 5.75 Å². The van der Waals surface area contributed by atoms with Gasteiger partial charge in [0.2, 0.25) is 0 Å². The molecule has 0 fully saturated rings. The third-order valence-corrected chi connectivity index (χ3v) is 2.59. The van der Waals surface area contributed by atoms with Gasteiger partial charge in [0.15, 0.2) is 0 Å². The molecule has 1 aromatic heterocycles. The first kappa shape index (κ1) is 12.5. The van der Waals surface area contributed by atoms with Crippen LogP contribution < -0.4 is 10.5 Å². The first-order valence-electron chi connectivity index (χ1n) is 5.73. The number of nitrogens with zero attached hydrogens (tertiary/aromatic N) is 1. The van der Waals surface area contributed by atoms with Crippen molar-refractivity contribution in [2.24, 2.45) is 5.73 Å². The SMILES string of the molecule is C[C@@H](N)c1ccc(OCc2cccnc2)cc1F. The van der Waals surface area contributed by atoms with E-state index in [9.17, 15) is 4.39 Å². The van der Waals surface area contributed by atoms with E-state index in [1.807, 2.05) is 12.1 Å². The van der Waals surface area contributed by atoms with E-state index in [0.717, 1.165) is 5.56 Å². The molecule has 0 unspecified atom stereocenters. The third-order valence-electron chi connectivity index (χ3n) is 2.59. The predicted molar refractivity (Wildman–Crippen MR) is 67.6 cm³/mol. The van der Waals surface area contributed by atoms with Gasteiger partial charge in [-0.2, -0.15) is 0 Å². The zero-order chi connectivity index (χ0) is 13.0. The highest BCUT2D eigenvalue weighted by atomic mass is 19.1. The summed E-state index contributed by atoms with van der Waals surface area (Å²) in [6.45, 7) is 2.11. The first-order chi connectivity index (χ1) is 8.66. The van der Waals surface area contributed by atoms with Crippen molar-refractivity contribution in [2.45, 2.75) is 19.6 Å². The highest BCUT2D eigenvalue weighted by molar-refractivity contribution is 5.30. The molecule has 18 heavy (non-hydrogen) atoms. The van der Waals surface area contributed by atoms with Crippen LogP contribution in [0.2, 0.25) is 0 Å². The molecule has 0 spiro atoms. The average Bonchev–Trinajstić information content (AvgIpc) is 2.37. The van der Waals surface area contributed by atoms with Crippen molar-refractivity contribution in [2.75, 3.05) is 0 Å². The number of ether oxygens (including phenoxy) is 1. The molecule has 0 bridgehead atoms. The fourth-order valence-electron chi connectivity index (χ4n) is 1.62. The molecule has 0 aliphatic carbocycles. The molecule has 1 atom stereocenters. The van der Waals surface area contributed by atoms with Crippen LogP contribution in [-0.4, -0.2) is 4.98 Å². The molecule has 0 aliphatic rings. The zero-order valence-electron chi connectivity index (χ0n) is 10.1. The van der Waals surface area contributed by atoms with Crippen molar-refractivity contribution in [1.82, 2.24) is 4.98 Å². The highest BCUT2D eigenvalue weighted by Gasteiger charge is 2.08. The molecule has 3 nitrogen and oxygen atoms in total. The van der Waals surface area contributed by atoms with E-state index >= 15 is 0 Å². The van der Waals surface area contributed by atoms with Crippen LogP contribution in [0.5, 0.6) is 5.75 Å². The van der Waals surface area contributed by atoms with Crippen LogP contribution in [0.25, 0.3) is 0 Å². The lowest BCUT2D eigenvalue weighted by Gasteiger charge is -2.10. The fraction of sp³-hybridized carbons (Fsp3) is 0.214. The molecule has 2 N–H and O–H groups in total. The Kier molecular flexibility index (Phi) is 3.89. The third kappa shape index (κ3) is 3.05. The number of pyridine rings is 1. The molecular formula is C14H15FN2O. The van der Waals surface area contributed by atoms with Crippen molar-refractivity contribution in [1.29, 1.82) is 0 Å². The monoisotopic (exact) mass is 246 g/mol. The Hall–Kier alpha value is -1.94. The molecule has 0 saturated carbocycles. The van der Waals surface area contributed by atoms with E-state index < -0.39 is 0 Å². The minimum Gasteiger partial charge on any atom is -0.489 e. The van der Waals surface area contributed by atoms with Crippen molar-refractivity contribution >= 4 is 0 Å². The van der Waals surface area contributed by atoms with Crippen LogP contribution in [0.3, 0.4) is 0 Å². The Labute approximate surface area is 105 Å². The maximum absolute atomic E-state index is 13.7. The Morgan fingerprint density at radius 3 is 2.83 bits per heavy atom. The van der Waals surface area contributed by atoms with Crippen LogP contribution in [-0.2, 0) is 6.61 Å². The van der Waals surface area contributed by atoms with Gasteiger partial charge in [0.25, 0.3) is 0 Å². The second-order valence-electron chi connectivity index (χ2n) is 4.12. The first-order valence-corrected chi connectivity index (χ1v) is 5.73. The van der Waals surface area contributed by atoms with Crippen molar-refractivity contribution in [3.63, 3.8) is 0 Å². The fourth-order valence-corrected chi connectivity index (χ4v) is 1.62. The predicted octanol–water partition coefficient (Wildman–Crippen LogP) is 2.82. The molecule has 4 heteroatoms. The Morgan fingerprint density at radius 1 is 1.39 bits per heavy atom. The number of halogens is 1. The Bertz CT molecular complexity index is 514. The van der Waals surface area contributed by atoms with Crippen molar-refractivity contribution < 1.29 is 9.13 Å². The minimum atomic E-state index is -0.339. The van der Waals surface area contributed by atoms with E-state index in [2.05, 4.69) is 4.98 Å². The van der Waals surface area contributed by atoms with Gasteiger partial charge in [0.05, 0.1) is 0 Å². The highest BCUT2D eigenvalue weighted by Crippen LogP contribution is 2.21. The topological polar surface area (TPSA) is 48.1 Å². The number of hydrogen-bond donors (Lipinski definition) is 1. The molecule has 0 saturated heterocycles. The Balaban J connectivity index is 2.05. The maximum atomic E-state index is 13.7. The van der Waals surface area contributed by atoms with E-state index in [-0.39, 0.29) is 11.9 Å². The second-order valence-corrected chi connectivity index (χ2v) is 4.12. The zero-order valence-corrected chi connectivity index (χ0v) is 10.1. The summed E-state index contributed by atoms with van der Waals surface area (Å²) in [6.07, 6.45) is 3.41. The van der Waals surface area contributed by atoms with E-state index in [1.165, 1.54) is 6.07 Å².